The molecule has 0 spiro atoms. The van der Waals surface area contributed by atoms with Gasteiger partial charge in [-0.1, -0.05) is 13.3 Å². The second-order valence-corrected chi connectivity index (χ2v) is 21.3. The maximum atomic E-state index is 11.6. The molecule has 0 saturated carbocycles. The lowest BCUT2D eigenvalue weighted by Gasteiger charge is -2.37. The minimum Gasteiger partial charge on any atom is -0.463 e. The maximum absolute atomic E-state index is 11.6. The largest absolute Gasteiger partial charge is 0.463 e. The third-order valence-corrected chi connectivity index (χ3v) is 13.5. The van der Waals surface area contributed by atoms with Gasteiger partial charge in [0.25, 0.3) is 0 Å². The summed E-state index contributed by atoms with van der Waals surface area (Å²) in [5.41, 5.74) is 0. The van der Waals surface area contributed by atoms with Crippen molar-refractivity contribution in [1.82, 2.24) is 0 Å². The van der Waals surface area contributed by atoms with Gasteiger partial charge in [0.1, 0.15) is 0 Å². The topological polar surface area (TPSA) is 71.1 Å². The van der Waals surface area contributed by atoms with Gasteiger partial charge in [-0.15, -0.1) is 0 Å². The van der Waals surface area contributed by atoms with E-state index in [4.69, 9.17) is 17.7 Å². The number of hydrogen-bond acceptors (Lipinski definition) is 6. The molecule has 0 aliphatic heterocycles. The minimum absolute atomic E-state index is 0.310. The van der Waals surface area contributed by atoms with E-state index < -0.39 is 37.1 Å². The molecular formula is C18H38O6Si3. The first kappa shape index (κ1) is 26.3. The number of carbonyl (C=O) groups is 2. The molecule has 0 aromatic rings. The summed E-state index contributed by atoms with van der Waals surface area (Å²) >= 11 is 0. The highest BCUT2D eigenvalue weighted by Crippen LogP contribution is 2.23. The molecule has 27 heavy (non-hydrogen) atoms. The van der Waals surface area contributed by atoms with Crippen molar-refractivity contribution < 1.29 is 27.3 Å². The van der Waals surface area contributed by atoms with Crippen LogP contribution in [-0.4, -0.2) is 50.3 Å². The summed E-state index contributed by atoms with van der Waals surface area (Å²) in [5.74, 6) is -1.04. The van der Waals surface area contributed by atoms with Gasteiger partial charge >= 0.3 is 20.5 Å². The van der Waals surface area contributed by atoms with E-state index in [1.807, 2.05) is 6.92 Å². The number of carbonyl (C=O) groups excluding carboxylic acids is 2. The molecule has 0 unspecified atom stereocenters. The summed E-state index contributed by atoms with van der Waals surface area (Å²) in [4.78, 5) is 23.0. The summed E-state index contributed by atoms with van der Waals surface area (Å²) in [6, 6.07) is 0.883. The fourth-order valence-electron chi connectivity index (χ4n) is 2.69. The van der Waals surface area contributed by atoms with E-state index in [0.29, 0.717) is 13.2 Å². The molecule has 0 N–H and O–H groups in total. The lowest BCUT2D eigenvalue weighted by Crippen LogP contribution is -2.51. The molecule has 0 aliphatic rings. The van der Waals surface area contributed by atoms with Crippen LogP contribution in [0.4, 0.5) is 0 Å². The van der Waals surface area contributed by atoms with Crippen molar-refractivity contribution in [2.75, 3.05) is 13.2 Å². The van der Waals surface area contributed by atoms with Gasteiger partial charge in [0.05, 0.1) is 13.2 Å². The van der Waals surface area contributed by atoms with Crippen LogP contribution in [0.2, 0.25) is 51.9 Å². The Balaban J connectivity index is 4.17. The summed E-state index contributed by atoms with van der Waals surface area (Å²) in [6.07, 6.45) is 4.73. The van der Waals surface area contributed by atoms with Gasteiger partial charge in [-0.3, -0.25) is 0 Å². The summed E-state index contributed by atoms with van der Waals surface area (Å²) in [5, 5.41) is 0. The fraction of sp³-hybridized carbons (Fsp3) is 0.778. The van der Waals surface area contributed by atoms with E-state index in [1.165, 1.54) is 0 Å². The molecule has 0 amide bonds. The van der Waals surface area contributed by atoms with Crippen LogP contribution in [0.5, 0.6) is 0 Å². The van der Waals surface area contributed by atoms with Crippen LogP contribution in [0.3, 0.4) is 0 Å². The Morgan fingerprint density at radius 1 is 0.778 bits per heavy atom. The Labute approximate surface area is 168 Å². The minimum atomic E-state index is -2.14. The fourth-order valence-corrected chi connectivity index (χ4v) is 15.9. The predicted octanol–water partition coefficient (Wildman–Crippen LogP) is 4.59. The molecule has 0 saturated heterocycles. The highest BCUT2D eigenvalue weighted by Gasteiger charge is 2.37. The molecule has 0 aromatic heterocycles. The van der Waals surface area contributed by atoms with Crippen LogP contribution in [0.1, 0.15) is 26.2 Å². The lowest BCUT2D eigenvalue weighted by atomic mass is 10.4. The van der Waals surface area contributed by atoms with Gasteiger partial charge in [-0.05, 0) is 64.7 Å². The highest BCUT2D eigenvalue weighted by atomic mass is 28.5. The second kappa shape index (κ2) is 12.0. The van der Waals surface area contributed by atoms with Crippen molar-refractivity contribution in [2.24, 2.45) is 0 Å². The number of hydrogen-bond donors (Lipinski definition) is 0. The summed E-state index contributed by atoms with van der Waals surface area (Å²) in [7, 11) is -5.66. The molecule has 0 aromatic carbocycles. The third-order valence-electron chi connectivity index (χ3n) is 3.34. The number of ether oxygens (including phenoxy) is 2. The van der Waals surface area contributed by atoms with E-state index in [0.717, 1.165) is 37.5 Å². The van der Waals surface area contributed by atoms with Crippen LogP contribution in [0.15, 0.2) is 12.2 Å². The molecule has 0 aliphatic carbocycles. The Kier molecular flexibility index (Phi) is 11.6. The zero-order chi connectivity index (χ0) is 21.1. The quantitative estimate of drug-likeness (QED) is 0.183. The zero-order valence-corrected chi connectivity index (χ0v) is 21.3. The number of unbranched alkanes of at least 4 members (excludes halogenated alkanes) is 1. The Morgan fingerprint density at radius 2 is 1.26 bits per heavy atom. The molecule has 9 heteroatoms. The predicted molar refractivity (Wildman–Crippen MR) is 116 cm³/mol. The molecular weight excluding hydrogens is 396 g/mol. The molecule has 0 fully saturated rings. The Hall–Kier alpha value is -0.749. The van der Waals surface area contributed by atoms with Gasteiger partial charge in [-0.25, -0.2) is 9.59 Å². The van der Waals surface area contributed by atoms with Crippen LogP contribution in [0, 0.1) is 0 Å². The summed E-state index contributed by atoms with van der Waals surface area (Å²) in [6.45, 7) is 17.8. The first-order valence-corrected chi connectivity index (χ1v) is 19.0. The normalized spacial score (nSPS) is 13.0. The van der Waals surface area contributed by atoms with Gasteiger partial charge in [0.15, 0.2) is 16.6 Å². The average Bonchev–Trinajstić information content (AvgIpc) is 2.46. The maximum Gasteiger partial charge on any atom is 0.331 e. The van der Waals surface area contributed by atoms with E-state index >= 15 is 0 Å². The van der Waals surface area contributed by atoms with Crippen molar-refractivity contribution in [3.8, 4) is 0 Å². The molecule has 0 radical (unpaired) electrons. The van der Waals surface area contributed by atoms with Gasteiger partial charge < -0.3 is 17.7 Å². The zero-order valence-electron chi connectivity index (χ0n) is 18.3. The second-order valence-electron chi connectivity index (χ2n) is 8.60. The monoisotopic (exact) mass is 434 g/mol. The Bertz CT molecular complexity index is 498. The molecule has 0 heterocycles. The van der Waals surface area contributed by atoms with Crippen molar-refractivity contribution in [1.29, 1.82) is 0 Å². The van der Waals surface area contributed by atoms with Crippen molar-refractivity contribution in [2.45, 2.75) is 78.1 Å². The average molecular weight is 435 g/mol. The van der Waals surface area contributed by atoms with Crippen LogP contribution in [-0.2, 0) is 27.3 Å². The van der Waals surface area contributed by atoms with Crippen molar-refractivity contribution >= 4 is 37.1 Å². The van der Waals surface area contributed by atoms with Gasteiger partial charge in [0.2, 0.25) is 0 Å². The first-order valence-electron chi connectivity index (χ1n) is 9.68. The van der Waals surface area contributed by atoms with Gasteiger partial charge in [0, 0.05) is 12.2 Å². The van der Waals surface area contributed by atoms with Crippen molar-refractivity contribution in [3.05, 3.63) is 12.2 Å². The standard InChI is InChI=1S/C18H38O6Si3/c1-9-10-14-21-17(19)12-13-18(20)22-15-11-16-26(5,6)24-27(7,8)23-25(2,3)4/h12-13H,9-11,14-16H2,1-8H3/b13-12+. The van der Waals surface area contributed by atoms with E-state index in [9.17, 15) is 9.59 Å². The van der Waals surface area contributed by atoms with E-state index in [-0.39, 0.29) is 0 Å². The van der Waals surface area contributed by atoms with Gasteiger partial charge in [-0.2, -0.15) is 0 Å². The van der Waals surface area contributed by atoms with E-state index in [1.54, 1.807) is 0 Å². The van der Waals surface area contributed by atoms with Crippen LogP contribution in [0.25, 0.3) is 0 Å². The van der Waals surface area contributed by atoms with E-state index in [2.05, 4.69) is 45.8 Å². The lowest BCUT2D eigenvalue weighted by molar-refractivity contribution is -0.140. The molecule has 0 atom stereocenters. The van der Waals surface area contributed by atoms with Crippen molar-refractivity contribution in [3.63, 3.8) is 0 Å². The highest BCUT2D eigenvalue weighted by molar-refractivity contribution is 6.87. The van der Waals surface area contributed by atoms with Crippen LogP contribution < -0.4 is 0 Å². The SMILES string of the molecule is CCCCOC(=O)/C=C/C(=O)OCCC[Si](C)(C)O[Si](C)(C)O[Si](C)(C)C. The molecule has 0 rings (SSSR count). The first-order chi connectivity index (χ1) is 12.3. The smallest absolute Gasteiger partial charge is 0.331 e. The number of esters is 2. The molecule has 0 bridgehead atoms. The molecule has 6 nitrogen and oxygen atoms in total. The molecule has 158 valence electrons. The number of rotatable bonds is 13. The van der Waals surface area contributed by atoms with Crippen LogP contribution >= 0.6 is 0 Å². The summed E-state index contributed by atoms with van der Waals surface area (Å²) < 4.78 is 22.7. The Morgan fingerprint density at radius 3 is 1.70 bits per heavy atom. The third kappa shape index (κ3) is 16.0.